The van der Waals surface area contributed by atoms with Crippen LogP contribution in [0.2, 0.25) is 0 Å². The highest BCUT2D eigenvalue weighted by atomic mass is 16.4. The Morgan fingerprint density at radius 3 is 2.44 bits per heavy atom. The van der Waals surface area contributed by atoms with Gasteiger partial charge in [0.25, 0.3) is 0 Å². The highest BCUT2D eigenvalue weighted by molar-refractivity contribution is 5.87. The number of hydrogen-bond donors (Lipinski definition) is 3. The van der Waals surface area contributed by atoms with Crippen LogP contribution in [0.1, 0.15) is 12.8 Å². The van der Waals surface area contributed by atoms with E-state index in [4.69, 9.17) is 10.8 Å². The van der Waals surface area contributed by atoms with Gasteiger partial charge in [0.05, 0.1) is 12.6 Å². The van der Waals surface area contributed by atoms with Crippen LogP contribution in [0.5, 0.6) is 0 Å². The highest BCUT2D eigenvalue weighted by Gasteiger charge is 2.20. The zero-order valence-electron chi connectivity index (χ0n) is 9.40. The number of nitrogens with two attached hydrogens (primary N) is 1. The van der Waals surface area contributed by atoms with Crippen molar-refractivity contribution in [1.29, 1.82) is 0 Å². The summed E-state index contributed by atoms with van der Waals surface area (Å²) in [5.41, 5.74) is 5.50. The van der Waals surface area contributed by atoms with Crippen molar-refractivity contribution in [3.8, 4) is 0 Å². The maximum atomic E-state index is 11.5. The Hall–Kier alpha value is -1.63. The molecule has 0 radical (unpaired) electrons. The van der Waals surface area contributed by atoms with Gasteiger partial charge in [0, 0.05) is 20.5 Å². The van der Waals surface area contributed by atoms with Crippen molar-refractivity contribution in [3.63, 3.8) is 0 Å². The number of carbonyl (C=O) groups excluding carboxylic acids is 2. The molecule has 0 aliphatic carbocycles. The largest absolute Gasteiger partial charge is 0.481 e. The highest BCUT2D eigenvalue weighted by Crippen LogP contribution is 1.98. The van der Waals surface area contributed by atoms with Gasteiger partial charge in [-0.15, -0.1) is 0 Å². The Balaban J connectivity index is 4.10. The van der Waals surface area contributed by atoms with Crippen LogP contribution in [-0.2, 0) is 14.4 Å². The average Bonchev–Trinajstić information content (AvgIpc) is 2.24. The first-order chi connectivity index (χ1) is 7.38. The topological polar surface area (TPSA) is 113 Å². The summed E-state index contributed by atoms with van der Waals surface area (Å²) in [6.07, 6.45) is -0.104. The van der Waals surface area contributed by atoms with Crippen LogP contribution in [0.3, 0.4) is 0 Å². The van der Waals surface area contributed by atoms with E-state index in [1.54, 1.807) is 0 Å². The molecule has 4 N–H and O–H groups in total. The van der Waals surface area contributed by atoms with E-state index in [2.05, 4.69) is 5.32 Å². The minimum absolute atomic E-state index is 0.0618. The van der Waals surface area contributed by atoms with E-state index >= 15 is 0 Å². The summed E-state index contributed by atoms with van der Waals surface area (Å²) in [4.78, 5) is 34.0. The maximum absolute atomic E-state index is 11.5. The van der Waals surface area contributed by atoms with E-state index in [0.717, 1.165) is 0 Å². The van der Waals surface area contributed by atoms with E-state index in [1.165, 1.54) is 19.0 Å². The third-order valence-corrected chi connectivity index (χ3v) is 2.02. The number of aliphatic carboxylic acids is 1. The number of carboxylic acid groups (broad SMARTS) is 1. The summed E-state index contributed by atoms with van der Waals surface area (Å²) in [5, 5.41) is 10.8. The van der Waals surface area contributed by atoms with Gasteiger partial charge in [-0.25, -0.2) is 0 Å². The predicted octanol–water partition coefficient (Wildman–Crippen LogP) is -1.62. The van der Waals surface area contributed by atoms with E-state index in [-0.39, 0.29) is 25.3 Å². The van der Waals surface area contributed by atoms with Crippen LogP contribution in [0.25, 0.3) is 0 Å². The van der Waals surface area contributed by atoms with Crippen molar-refractivity contribution in [3.05, 3.63) is 0 Å². The number of hydrogen-bond acceptors (Lipinski definition) is 4. The average molecular weight is 231 g/mol. The first-order valence-corrected chi connectivity index (χ1v) is 4.81. The molecule has 1 unspecified atom stereocenters. The van der Waals surface area contributed by atoms with E-state index in [9.17, 15) is 14.4 Å². The second-order valence-electron chi connectivity index (χ2n) is 3.41. The van der Waals surface area contributed by atoms with Gasteiger partial charge in [-0.3, -0.25) is 14.4 Å². The lowest BCUT2D eigenvalue weighted by Gasteiger charge is -2.19. The zero-order valence-corrected chi connectivity index (χ0v) is 9.40. The molecule has 0 saturated carbocycles. The molecule has 1 atom stereocenters. The van der Waals surface area contributed by atoms with Gasteiger partial charge in [-0.05, 0) is 6.42 Å². The Morgan fingerprint density at radius 2 is 2.00 bits per heavy atom. The summed E-state index contributed by atoms with van der Waals surface area (Å²) < 4.78 is 0. The third-order valence-electron chi connectivity index (χ3n) is 2.02. The number of likely N-dealkylation sites (N-methyl/N-ethyl adjacent to an activating group) is 2. The number of amides is 2. The number of rotatable bonds is 6. The zero-order chi connectivity index (χ0) is 12.7. The molecule has 0 aliphatic heterocycles. The molecule has 0 aromatic rings. The van der Waals surface area contributed by atoms with Gasteiger partial charge < -0.3 is 21.1 Å². The van der Waals surface area contributed by atoms with Crippen molar-refractivity contribution in [2.45, 2.75) is 18.9 Å². The molecule has 0 fully saturated rings. The molecule has 0 rings (SSSR count). The monoisotopic (exact) mass is 231 g/mol. The van der Waals surface area contributed by atoms with Crippen molar-refractivity contribution < 1.29 is 19.5 Å². The second-order valence-corrected chi connectivity index (χ2v) is 3.41. The molecule has 0 aliphatic rings. The summed E-state index contributed by atoms with van der Waals surface area (Å²) >= 11 is 0. The second kappa shape index (κ2) is 6.78. The first-order valence-electron chi connectivity index (χ1n) is 4.81. The first kappa shape index (κ1) is 14.4. The molecular formula is C9H17N3O4. The Kier molecular flexibility index (Phi) is 6.09. The van der Waals surface area contributed by atoms with Crippen molar-refractivity contribution in [2.24, 2.45) is 5.73 Å². The summed E-state index contributed by atoms with van der Waals surface area (Å²) in [5.74, 6) is -1.75. The lowest BCUT2D eigenvalue weighted by molar-refractivity contribution is -0.138. The molecular weight excluding hydrogens is 214 g/mol. The molecule has 0 aromatic carbocycles. The molecule has 0 saturated heterocycles. The van der Waals surface area contributed by atoms with E-state index < -0.39 is 17.9 Å². The van der Waals surface area contributed by atoms with Gasteiger partial charge in [0.2, 0.25) is 11.8 Å². The fraction of sp³-hybridized carbons (Fsp3) is 0.667. The smallest absolute Gasteiger partial charge is 0.303 e. The number of nitrogens with one attached hydrogen (secondary N) is 1. The van der Waals surface area contributed by atoms with Gasteiger partial charge in [-0.2, -0.15) is 0 Å². The van der Waals surface area contributed by atoms with E-state index in [1.807, 2.05) is 0 Å². The fourth-order valence-corrected chi connectivity index (χ4v) is 1.06. The maximum Gasteiger partial charge on any atom is 0.303 e. The number of nitrogens with zero attached hydrogens (tertiary/aromatic N) is 1. The van der Waals surface area contributed by atoms with E-state index in [0.29, 0.717) is 0 Å². The predicted molar refractivity (Wildman–Crippen MR) is 56.5 cm³/mol. The Labute approximate surface area is 93.6 Å². The molecule has 2 amide bonds. The van der Waals surface area contributed by atoms with Gasteiger partial charge >= 0.3 is 5.97 Å². The number of carbonyl (C=O) groups is 3. The van der Waals surface area contributed by atoms with Gasteiger partial charge in [0.1, 0.15) is 0 Å². The van der Waals surface area contributed by atoms with Crippen LogP contribution in [0, 0.1) is 0 Å². The molecule has 7 nitrogen and oxygen atoms in total. The molecule has 16 heavy (non-hydrogen) atoms. The van der Waals surface area contributed by atoms with Crippen LogP contribution in [0.4, 0.5) is 0 Å². The van der Waals surface area contributed by atoms with Crippen molar-refractivity contribution >= 4 is 17.8 Å². The Bertz CT molecular complexity index is 280. The SMILES string of the molecule is CNC(=O)CN(C)C(=O)C(N)CCC(=O)O. The molecule has 0 spiro atoms. The quantitative estimate of drug-likeness (QED) is 0.508. The van der Waals surface area contributed by atoms with Crippen LogP contribution >= 0.6 is 0 Å². The summed E-state index contributed by atoms with van der Waals surface area (Å²) in [6.45, 7) is -0.0872. The van der Waals surface area contributed by atoms with Crippen LogP contribution < -0.4 is 11.1 Å². The lowest BCUT2D eigenvalue weighted by atomic mass is 10.1. The molecule has 0 bridgehead atoms. The van der Waals surface area contributed by atoms with Crippen molar-refractivity contribution in [2.75, 3.05) is 20.6 Å². The minimum Gasteiger partial charge on any atom is -0.481 e. The minimum atomic E-state index is -1.00. The normalized spacial score (nSPS) is 11.7. The molecule has 92 valence electrons. The van der Waals surface area contributed by atoms with Crippen LogP contribution in [-0.4, -0.2) is 54.5 Å². The lowest BCUT2D eigenvalue weighted by Crippen LogP contribution is -2.45. The number of carboxylic acids is 1. The van der Waals surface area contributed by atoms with Gasteiger partial charge in [0.15, 0.2) is 0 Å². The molecule has 0 heterocycles. The summed E-state index contributed by atoms with van der Waals surface area (Å²) in [7, 11) is 2.91. The standard InChI is InChI=1S/C9H17N3O4/c1-11-7(13)5-12(2)9(16)6(10)3-4-8(14)15/h6H,3-5,10H2,1-2H3,(H,11,13)(H,14,15). The van der Waals surface area contributed by atoms with Gasteiger partial charge in [-0.1, -0.05) is 0 Å². The van der Waals surface area contributed by atoms with Crippen molar-refractivity contribution in [1.82, 2.24) is 10.2 Å². The third kappa shape index (κ3) is 5.30. The fourth-order valence-electron chi connectivity index (χ4n) is 1.06. The molecule has 0 aromatic heterocycles. The summed E-state index contributed by atoms with van der Waals surface area (Å²) in [6, 6.07) is -0.884. The Morgan fingerprint density at radius 1 is 1.44 bits per heavy atom. The van der Waals surface area contributed by atoms with Crippen LogP contribution in [0.15, 0.2) is 0 Å². The molecule has 7 heteroatoms.